The molecular weight excluding hydrogens is 419 g/mol. The fourth-order valence-electron chi connectivity index (χ4n) is 3.48. The van der Waals surface area contributed by atoms with Gasteiger partial charge >= 0.3 is 0 Å². The van der Waals surface area contributed by atoms with Gasteiger partial charge in [0.15, 0.2) is 15.8 Å². The van der Waals surface area contributed by atoms with E-state index in [2.05, 4.69) is 15.6 Å². The molecule has 1 aliphatic heterocycles. The Bertz CT molecular complexity index is 1070. The Labute approximate surface area is 182 Å². The first kappa shape index (κ1) is 22.7. The van der Waals surface area contributed by atoms with Crippen molar-refractivity contribution in [2.45, 2.75) is 31.7 Å². The first-order chi connectivity index (χ1) is 14.7. The molecule has 3 rings (SSSR count). The molecule has 0 aromatic heterocycles. The molecule has 0 atom stereocenters. The summed E-state index contributed by atoms with van der Waals surface area (Å²) in [7, 11) is -1.61. The van der Waals surface area contributed by atoms with Crippen LogP contribution in [0, 0.1) is 5.82 Å². The predicted molar refractivity (Wildman–Crippen MR) is 120 cm³/mol. The largest absolute Gasteiger partial charge is 0.352 e. The van der Waals surface area contributed by atoms with E-state index in [-0.39, 0.29) is 18.2 Å². The molecule has 2 aromatic carbocycles. The molecule has 0 saturated carbocycles. The first-order valence-corrected chi connectivity index (χ1v) is 12.1. The van der Waals surface area contributed by atoms with Crippen LogP contribution >= 0.6 is 0 Å². The summed E-state index contributed by atoms with van der Waals surface area (Å²) in [6.07, 6.45) is 2.64. The highest BCUT2D eigenvalue weighted by Crippen LogP contribution is 2.21. The molecule has 7 nitrogen and oxygen atoms in total. The number of hydrogen-bond donors (Lipinski definition) is 2. The Morgan fingerprint density at radius 3 is 2.42 bits per heavy atom. The smallest absolute Gasteiger partial charge is 0.227 e. The second kappa shape index (κ2) is 9.91. The van der Waals surface area contributed by atoms with Crippen molar-refractivity contribution in [1.29, 1.82) is 0 Å². The molecule has 0 spiro atoms. The molecule has 0 unspecified atom stereocenters. The highest BCUT2D eigenvalue weighted by molar-refractivity contribution is 7.89. The zero-order valence-corrected chi connectivity index (χ0v) is 18.5. The normalized spacial score (nSPS) is 14.7. The number of nitrogens with one attached hydrogen (secondary N) is 2. The Morgan fingerprint density at radius 2 is 1.81 bits per heavy atom. The number of carbonyl (C=O) groups excluding carboxylic acids is 1. The van der Waals surface area contributed by atoms with E-state index < -0.39 is 15.7 Å². The second-order valence-electron chi connectivity index (χ2n) is 7.58. The van der Waals surface area contributed by atoms with Crippen molar-refractivity contribution >= 4 is 27.4 Å². The maximum absolute atomic E-state index is 13.7. The number of hydrogen-bond acceptors (Lipinski definition) is 4. The Morgan fingerprint density at radius 1 is 1.10 bits per heavy atom. The summed E-state index contributed by atoms with van der Waals surface area (Å²) in [6, 6.07) is 11.9. The van der Waals surface area contributed by atoms with Crippen molar-refractivity contribution in [1.82, 2.24) is 10.6 Å². The van der Waals surface area contributed by atoms with Crippen LogP contribution in [0.5, 0.6) is 0 Å². The Balaban J connectivity index is 1.58. The van der Waals surface area contributed by atoms with Crippen molar-refractivity contribution in [3.63, 3.8) is 0 Å². The van der Waals surface area contributed by atoms with Gasteiger partial charge in [0.1, 0.15) is 5.82 Å². The van der Waals surface area contributed by atoms with Crippen LogP contribution in [0.4, 0.5) is 10.1 Å². The van der Waals surface area contributed by atoms with E-state index in [1.54, 1.807) is 11.9 Å². The van der Waals surface area contributed by atoms with Crippen molar-refractivity contribution in [3.05, 3.63) is 65.0 Å². The average molecular weight is 447 g/mol. The third-order valence-corrected chi connectivity index (χ3v) is 5.87. The number of sulfone groups is 1. The van der Waals surface area contributed by atoms with Gasteiger partial charge in [-0.05, 0) is 47.4 Å². The van der Waals surface area contributed by atoms with E-state index in [1.807, 2.05) is 24.3 Å². The quantitative estimate of drug-likeness (QED) is 0.503. The van der Waals surface area contributed by atoms with Gasteiger partial charge in [0.2, 0.25) is 5.91 Å². The maximum atomic E-state index is 13.7. The highest BCUT2D eigenvalue weighted by Gasteiger charge is 2.21. The highest BCUT2D eigenvalue weighted by atomic mass is 32.2. The molecule has 9 heteroatoms. The van der Waals surface area contributed by atoms with Crippen molar-refractivity contribution in [2.75, 3.05) is 24.7 Å². The fraction of sp³-hybridized carbons (Fsp3) is 0.364. The van der Waals surface area contributed by atoms with Crippen LogP contribution < -0.4 is 15.5 Å². The minimum atomic E-state index is -3.24. The van der Waals surface area contributed by atoms with E-state index >= 15 is 0 Å². The lowest BCUT2D eigenvalue weighted by Crippen LogP contribution is -2.36. The molecule has 1 amide bonds. The van der Waals surface area contributed by atoms with E-state index in [1.165, 1.54) is 18.2 Å². The number of rotatable bonds is 7. The lowest BCUT2D eigenvalue weighted by atomic mass is 10.1. The van der Waals surface area contributed by atoms with Crippen molar-refractivity contribution in [2.24, 2.45) is 4.99 Å². The molecule has 1 fully saturated rings. The number of carbonyl (C=O) groups is 1. The maximum Gasteiger partial charge on any atom is 0.227 e. The summed E-state index contributed by atoms with van der Waals surface area (Å²) in [5, 5.41) is 6.28. The van der Waals surface area contributed by atoms with Gasteiger partial charge in [-0.15, -0.1) is 0 Å². The second-order valence-corrected chi connectivity index (χ2v) is 9.72. The number of amides is 1. The Kier molecular flexibility index (Phi) is 7.27. The number of anilines is 1. The van der Waals surface area contributed by atoms with Crippen LogP contribution in [0.1, 0.15) is 29.5 Å². The predicted octanol–water partition coefficient (Wildman–Crippen LogP) is 2.36. The number of halogens is 1. The van der Waals surface area contributed by atoms with Crippen LogP contribution in [-0.4, -0.2) is 40.1 Å². The summed E-state index contributed by atoms with van der Waals surface area (Å²) in [4.78, 5) is 17.8. The SMILES string of the molecule is CN=C(NCc1ccc(N2CCCC2=O)cc1)NCc1cc(F)ccc1CS(C)(=O)=O. The van der Waals surface area contributed by atoms with Gasteiger partial charge in [-0.1, -0.05) is 18.2 Å². The fourth-order valence-corrected chi connectivity index (χ4v) is 4.33. The van der Waals surface area contributed by atoms with Gasteiger partial charge in [-0.25, -0.2) is 12.8 Å². The molecule has 0 bridgehead atoms. The molecular formula is C22H27FN4O3S. The minimum Gasteiger partial charge on any atom is -0.352 e. The lowest BCUT2D eigenvalue weighted by Gasteiger charge is -2.17. The van der Waals surface area contributed by atoms with Crippen LogP contribution in [-0.2, 0) is 33.5 Å². The van der Waals surface area contributed by atoms with E-state index in [4.69, 9.17) is 0 Å². The van der Waals surface area contributed by atoms with Gasteiger partial charge in [-0.2, -0.15) is 0 Å². The molecule has 31 heavy (non-hydrogen) atoms. The van der Waals surface area contributed by atoms with Gasteiger partial charge in [0, 0.05) is 45.0 Å². The number of nitrogens with zero attached hydrogens (tertiary/aromatic N) is 2. The minimum absolute atomic E-state index is 0.151. The molecule has 1 heterocycles. The summed E-state index contributed by atoms with van der Waals surface area (Å²) in [6.45, 7) is 1.50. The third-order valence-electron chi connectivity index (χ3n) is 5.04. The molecule has 2 N–H and O–H groups in total. The Hall–Kier alpha value is -2.94. The standard InChI is InChI=1S/C22H27FN4O3S/c1-24-22(26-14-18-12-19(23)8-7-17(18)15-31(2,29)30)25-13-16-5-9-20(10-6-16)27-11-3-4-21(27)28/h5-10,12H,3-4,11,13-15H2,1-2H3,(H2,24,25,26). The molecule has 166 valence electrons. The van der Waals surface area contributed by atoms with Gasteiger partial charge in [0.25, 0.3) is 0 Å². The van der Waals surface area contributed by atoms with E-state index in [0.29, 0.717) is 30.1 Å². The van der Waals surface area contributed by atoms with Crippen LogP contribution in [0.3, 0.4) is 0 Å². The van der Waals surface area contributed by atoms with E-state index in [0.717, 1.165) is 30.5 Å². The van der Waals surface area contributed by atoms with Gasteiger partial charge in [0.05, 0.1) is 5.75 Å². The summed E-state index contributed by atoms with van der Waals surface area (Å²) >= 11 is 0. The summed E-state index contributed by atoms with van der Waals surface area (Å²) in [5.74, 6) is 0.0901. The lowest BCUT2D eigenvalue weighted by molar-refractivity contribution is -0.117. The zero-order chi connectivity index (χ0) is 22.4. The topological polar surface area (TPSA) is 90.9 Å². The molecule has 0 aliphatic carbocycles. The van der Waals surface area contributed by atoms with Crippen LogP contribution in [0.2, 0.25) is 0 Å². The summed E-state index contributed by atoms with van der Waals surface area (Å²) < 4.78 is 37.0. The zero-order valence-electron chi connectivity index (χ0n) is 17.7. The van der Waals surface area contributed by atoms with Crippen molar-refractivity contribution in [3.8, 4) is 0 Å². The van der Waals surface area contributed by atoms with E-state index in [9.17, 15) is 17.6 Å². The molecule has 1 aliphatic rings. The van der Waals surface area contributed by atoms with Gasteiger partial charge < -0.3 is 15.5 Å². The van der Waals surface area contributed by atoms with Crippen LogP contribution in [0.15, 0.2) is 47.5 Å². The molecule has 1 saturated heterocycles. The molecule has 2 aromatic rings. The number of aliphatic imine (C=N–C) groups is 1. The number of guanidine groups is 1. The van der Waals surface area contributed by atoms with Crippen molar-refractivity contribution < 1.29 is 17.6 Å². The third kappa shape index (κ3) is 6.52. The average Bonchev–Trinajstić information content (AvgIpc) is 3.15. The molecule has 0 radical (unpaired) electrons. The van der Waals surface area contributed by atoms with Gasteiger partial charge in [-0.3, -0.25) is 9.79 Å². The summed E-state index contributed by atoms with van der Waals surface area (Å²) in [5.41, 5.74) is 3.03. The number of benzene rings is 2. The first-order valence-electron chi connectivity index (χ1n) is 10.0. The monoisotopic (exact) mass is 446 g/mol. The van der Waals surface area contributed by atoms with Crippen LogP contribution in [0.25, 0.3) is 0 Å².